The molecule has 3 nitrogen and oxygen atoms in total. The van der Waals surface area contributed by atoms with Crippen LogP contribution in [0.15, 0.2) is 28.7 Å². The Morgan fingerprint density at radius 3 is 2.24 bits per heavy atom. The lowest BCUT2D eigenvalue weighted by atomic mass is 9.89. The molecule has 1 aromatic carbocycles. The molecule has 2 rings (SSSR count). The van der Waals surface area contributed by atoms with Gasteiger partial charge in [-0.15, -0.1) is 0 Å². The van der Waals surface area contributed by atoms with Crippen LogP contribution < -0.4 is 0 Å². The Kier molecular flexibility index (Phi) is 3.27. The fraction of sp³-hybridized carbons (Fsp3) is 0.462. The Labute approximate surface area is 110 Å². The molecule has 1 aliphatic rings. The molecule has 1 atom stereocenters. The van der Waals surface area contributed by atoms with Gasteiger partial charge in [-0.3, -0.25) is 4.79 Å². The number of carboxylic acid groups (broad SMARTS) is 1. The van der Waals surface area contributed by atoms with Crippen molar-refractivity contribution in [3.63, 3.8) is 0 Å². The topological polar surface area (TPSA) is 40.5 Å². The first kappa shape index (κ1) is 12.6. The van der Waals surface area contributed by atoms with Crippen molar-refractivity contribution in [2.45, 2.75) is 18.9 Å². The van der Waals surface area contributed by atoms with Gasteiger partial charge in [-0.1, -0.05) is 28.1 Å². The molecule has 0 spiro atoms. The Morgan fingerprint density at radius 1 is 1.35 bits per heavy atom. The smallest absolute Gasteiger partial charge is 0.311 e. The van der Waals surface area contributed by atoms with E-state index in [0.29, 0.717) is 0 Å². The van der Waals surface area contributed by atoms with E-state index in [4.69, 9.17) is 0 Å². The zero-order chi connectivity index (χ0) is 12.6. The lowest BCUT2D eigenvalue weighted by Crippen LogP contribution is -2.33. The number of hydrogen-bond acceptors (Lipinski definition) is 2. The highest BCUT2D eigenvalue weighted by Crippen LogP contribution is 2.57. The third-order valence-corrected chi connectivity index (χ3v) is 3.97. The van der Waals surface area contributed by atoms with Crippen LogP contribution in [-0.2, 0) is 4.79 Å². The van der Waals surface area contributed by atoms with Gasteiger partial charge in [0.1, 0.15) is 0 Å². The van der Waals surface area contributed by atoms with Gasteiger partial charge in [-0.25, -0.2) is 0 Å². The van der Waals surface area contributed by atoms with E-state index in [1.807, 2.05) is 43.3 Å². The van der Waals surface area contributed by atoms with E-state index < -0.39 is 11.4 Å². The maximum atomic E-state index is 11.4. The molecule has 0 aromatic heterocycles. The van der Waals surface area contributed by atoms with Crippen LogP contribution in [0.3, 0.4) is 0 Å². The number of rotatable bonds is 4. The molecule has 1 saturated carbocycles. The first-order valence-electron chi connectivity index (χ1n) is 5.63. The number of aliphatic carboxylic acids is 1. The van der Waals surface area contributed by atoms with Gasteiger partial charge in [0.15, 0.2) is 0 Å². The van der Waals surface area contributed by atoms with Gasteiger partial charge in [0, 0.05) is 4.47 Å². The standard InChI is InChI=1S/C13H16BrNO2/c1-15(2)11(13(7-8-13)12(16)17)9-3-5-10(14)6-4-9/h3-6,11H,7-8H2,1-2H3,(H,16,17). The third-order valence-electron chi connectivity index (χ3n) is 3.44. The summed E-state index contributed by atoms with van der Waals surface area (Å²) < 4.78 is 1.01. The summed E-state index contributed by atoms with van der Waals surface area (Å²) in [6, 6.07) is 7.87. The molecule has 1 aromatic rings. The van der Waals surface area contributed by atoms with Crippen LogP contribution in [0.4, 0.5) is 0 Å². The van der Waals surface area contributed by atoms with Crippen molar-refractivity contribution in [3.8, 4) is 0 Å². The highest BCUT2D eigenvalue weighted by Gasteiger charge is 2.57. The van der Waals surface area contributed by atoms with Crippen LogP contribution in [0.2, 0.25) is 0 Å². The molecular formula is C13H16BrNO2. The fourth-order valence-corrected chi connectivity index (χ4v) is 2.76. The highest BCUT2D eigenvalue weighted by atomic mass is 79.9. The highest BCUT2D eigenvalue weighted by molar-refractivity contribution is 9.10. The van der Waals surface area contributed by atoms with Crippen molar-refractivity contribution in [1.29, 1.82) is 0 Å². The van der Waals surface area contributed by atoms with Gasteiger partial charge in [0.05, 0.1) is 11.5 Å². The van der Waals surface area contributed by atoms with Crippen LogP contribution in [0, 0.1) is 5.41 Å². The second-order valence-electron chi connectivity index (χ2n) is 4.88. The SMILES string of the molecule is CN(C)C(c1ccc(Br)cc1)C1(C(=O)O)CC1. The summed E-state index contributed by atoms with van der Waals surface area (Å²) in [5, 5.41) is 9.40. The molecule has 92 valence electrons. The summed E-state index contributed by atoms with van der Waals surface area (Å²) >= 11 is 3.40. The molecule has 1 unspecified atom stereocenters. The number of nitrogens with zero attached hydrogens (tertiary/aromatic N) is 1. The maximum absolute atomic E-state index is 11.4. The largest absolute Gasteiger partial charge is 0.481 e. The van der Waals surface area contributed by atoms with Crippen molar-refractivity contribution in [2.24, 2.45) is 5.41 Å². The van der Waals surface area contributed by atoms with E-state index in [1.165, 1.54) is 0 Å². The van der Waals surface area contributed by atoms with Gasteiger partial charge in [0.2, 0.25) is 0 Å². The lowest BCUT2D eigenvalue weighted by Gasteiger charge is -2.30. The molecule has 17 heavy (non-hydrogen) atoms. The zero-order valence-corrected chi connectivity index (χ0v) is 11.6. The fourth-order valence-electron chi connectivity index (χ4n) is 2.50. The Morgan fingerprint density at radius 2 is 1.88 bits per heavy atom. The van der Waals surface area contributed by atoms with Crippen molar-refractivity contribution < 1.29 is 9.90 Å². The van der Waals surface area contributed by atoms with Crippen LogP contribution in [0.5, 0.6) is 0 Å². The number of hydrogen-bond donors (Lipinski definition) is 1. The summed E-state index contributed by atoms with van der Waals surface area (Å²) in [7, 11) is 3.88. The molecule has 1 fully saturated rings. The van der Waals surface area contributed by atoms with E-state index in [2.05, 4.69) is 15.9 Å². The average molecular weight is 298 g/mol. The van der Waals surface area contributed by atoms with Crippen LogP contribution in [-0.4, -0.2) is 30.1 Å². The normalized spacial score (nSPS) is 19.1. The predicted molar refractivity (Wildman–Crippen MR) is 69.9 cm³/mol. The maximum Gasteiger partial charge on any atom is 0.311 e. The van der Waals surface area contributed by atoms with E-state index in [0.717, 1.165) is 22.9 Å². The monoisotopic (exact) mass is 297 g/mol. The Balaban J connectivity index is 2.36. The van der Waals surface area contributed by atoms with Gasteiger partial charge < -0.3 is 10.0 Å². The molecule has 0 saturated heterocycles. The van der Waals surface area contributed by atoms with Crippen molar-refractivity contribution in [3.05, 3.63) is 34.3 Å². The molecule has 1 N–H and O–H groups in total. The number of carboxylic acids is 1. The Hall–Kier alpha value is -0.870. The van der Waals surface area contributed by atoms with E-state index >= 15 is 0 Å². The summed E-state index contributed by atoms with van der Waals surface area (Å²) in [5.41, 5.74) is 0.482. The molecule has 0 amide bonds. The van der Waals surface area contributed by atoms with Crippen molar-refractivity contribution >= 4 is 21.9 Å². The van der Waals surface area contributed by atoms with Crippen LogP contribution in [0.1, 0.15) is 24.4 Å². The first-order valence-corrected chi connectivity index (χ1v) is 6.42. The molecular weight excluding hydrogens is 282 g/mol. The summed E-state index contributed by atoms with van der Waals surface area (Å²) in [6.45, 7) is 0. The van der Waals surface area contributed by atoms with E-state index in [9.17, 15) is 9.90 Å². The lowest BCUT2D eigenvalue weighted by molar-refractivity contribution is -0.146. The zero-order valence-electron chi connectivity index (χ0n) is 9.98. The third kappa shape index (κ3) is 2.24. The number of benzene rings is 1. The first-order chi connectivity index (χ1) is 7.97. The second-order valence-corrected chi connectivity index (χ2v) is 5.79. The predicted octanol–water partition coefficient (Wildman–Crippen LogP) is 2.92. The molecule has 0 heterocycles. The molecule has 1 aliphatic carbocycles. The van der Waals surface area contributed by atoms with E-state index in [1.54, 1.807) is 0 Å². The van der Waals surface area contributed by atoms with Crippen LogP contribution in [0.25, 0.3) is 0 Å². The molecule has 4 heteroatoms. The molecule has 0 radical (unpaired) electrons. The second kappa shape index (κ2) is 4.42. The summed E-state index contributed by atoms with van der Waals surface area (Å²) in [5.74, 6) is -0.681. The van der Waals surface area contributed by atoms with Gasteiger partial charge in [0.25, 0.3) is 0 Å². The molecule has 0 aliphatic heterocycles. The summed E-state index contributed by atoms with van der Waals surface area (Å²) in [4.78, 5) is 13.4. The quantitative estimate of drug-likeness (QED) is 0.929. The Bertz CT molecular complexity index is 424. The summed E-state index contributed by atoms with van der Waals surface area (Å²) in [6.07, 6.45) is 1.53. The van der Waals surface area contributed by atoms with Crippen molar-refractivity contribution in [1.82, 2.24) is 4.90 Å². The van der Waals surface area contributed by atoms with Crippen LogP contribution >= 0.6 is 15.9 Å². The van der Waals surface area contributed by atoms with Gasteiger partial charge >= 0.3 is 5.97 Å². The van der Waals surface area contributed by atoms with Gasteiger partial charge in [-0.2, -0.15) is 0 Å². The molecule has 0 bridgehead atoms. The number of halogens is 1. The average Bonchev–Trinajstić information content (AvgIpc) is 3.02. The minimum atomic E-state index is -0.681. The minimum absolute atomic E-state index is 0.0481. The van der Waals surface area contributed by atoms with Gasteiger partial charge in [-0.05, 0) is 44.6 Å². The van der Waals surface area contributed by atoms with E-state index in [-0.39, 0.29) is 6.04 Å². The minimum Gasteiger partial charge on any atom is -0.481 e. The number of carbonyl (C=O) groups is 1. The van der Waals surface area contributed by atoms with Crippen molar-refractivity contribution in [2.75, 3.05) is 14.1 Å².